The first-order valence-electron chi connectivity index (χ1n) is 6.95. The minimum atomic E-state index is -0.601. The Morgan fingerprint density at radius 3 is 2.12 bits per heavy atom. The van der Waals surface area contributed by atoms with E-state index in [1.54, 1.807) is 0 Å². The summed E-state index contributed by atoms with van der Waals surface area (Å²) in [5.74, 6) is -0.692. The van der Waals surface area contributed by atoms with Crippen LogP contribution in [0.5, 0.6) is 0 Å². The van der Waals surface area contributed by atoms with Gasteiger partial charge >= 0.3 is 5.97 Å². The number of carboxylic acid groups (broad SMARTS) is 1. The van der Waals surface area contributed by atoms with Crippen LogP contribution in [-0.4, -0.2) is 59.1 Å². The quantitative estimate of drug-likeness (QED) is 0.797. The molecule has 2 saturated heterocycles. The van der Waals surface area contributed by atoms with Crippen LogP contribution in [0.15, 0.2) is 0 Å². The van der Waals surface area contributed by atoms with E-state index in [0.717, 1.165) is 32.0 Å². The zero-order valence-electron chi connectivity index (χ0n) is 10.3. The molecule has 3 rings (SSSR count). The van der Waals surface area contributed by atoms with Crippen molar-refractivity contribution >= 4 is 5.97 Å². The van der Waals surface area contributed by atoms with Gasteiger partial charge in [0.05, 0.1) is 5.92 Å². The lowest BCUT2D eigenvalue weighted by molar-refractivity contribution is -0.143. The number of piperidine rings is 1. The van der Waals surface area contributed by atoms with Crippen LogP contribution in [0.1, 0.15) is 32.1 Å². The Hall–Kier alpha value is -0.610. The van der Waals surface area contributed by atoms with E-state index in [4.69, 9.17) is 5.11 Å². The number of aliphatic carboxylic acids is 1. The maximum atomic E-state index is 10.9. The summed E-state index contributed by atoms with van der Waals surface area (Å²) in [6.07, 6.45) is 5.76. The smallest absolute Gasteiger partial charge is 0.306 e. The second-order valence-corrected chi connectivity index (χ2v) is 5.82. The maximum Gasteiger partial charge on any atom is 0.306 e. The highest BCUT2D eigenvalue weighted by Gasteiger charge is 2.37. The van der Waals surface area contributed by atoms with Crippen molar-refractivity contribution in [2.75, 3.05) is 26.2 Å². The number of hydrogen-bond donors (Lipinski definition) is 1. The molecule has 3 aliphatic rings. The lowest BCUT2D eigenvalue weighted by Crippen LogP contribution is -2.44. The van der Waals surface area contributed by atoms with Gasteiger partial charge in [0, 0.05) is 25.2 Å². The van der Waals surface area contributed by atoms with E-state index in [9.17, 15) is 4.79 Å². The lowest BCUT2D eigenvalue weighted by atomic mass is 9.96. The molecule has 1 unspecified atom stereocenters. The fraction of sp³-hybridized carbons (Fsp3) is 0.923. The summed E-state index contributed by atoms with van der Waals surface area (Å²) in [5, 5.41) is 8.99. The highest BCUT2D eigenvalue weighted by molar-refractivity contribution is 5.70. The monoisotopic (exact) mass is 238 g/mol. The molecule has 0 bridgehead atoms. The molecule has 96 valence electrons. The summed E-state index contributed by atoms with van der Waals surface area (Å²) >= 11 is 0. The maximum absolute atomic E-state index is 10.9. The van der Waals surface area contributed by atoms with Crippen LogP contribution in [0.4, 0.5) is 0 Å². The van der Waals surface area contributed by atoms with Gasteiger partial charge in [0.2, 0.25) is 0 Å². The molecule has 0 amide bonds. The van der Waals surface area contributed by atoms with Gasteiger partial charge in [0.25, 0.3) is 0 Å². The van der Waals surface area contributed by atoms with Crippen LogP contribution in [-0.2, 0) is 4.79 Å². The predicted molar refractivity (Wildman–Crippen MR) is 64.9 cm³/mol. The van der Waals surface area contributed by atoms with Gasteiger partial charge in [0.15, 0.2) is 0 Å². The van der Waals surface area contributed by atoms with Gasteiger partial charge in [-0.15, -0.1) is 0 Å². The molecule has 0 aromatic rings. The van der Waals surface area contributed by atoms with Crippen LogP contribution in [0.2, 0.25) is 0 Å². The van der Waals surface area contributed by atoms with Crippen molar-refractivity contribution in [3.8, 4) is 0 Å². The first-order valence-corrected chi connectivity index (χ1v) is 6.95. The summed E-state index contributed by atoms with van der Waals surface area (Å²) in [6, 6.07) is 1.59. The minimum absolute atomic E-state index is 0.0906. The molecule has 1 N–H and O–H groups in total. The molecule has 2 heterocycles. The Kier molecular flexibility index (Phi) is 3.09. The predicted octanol–water partition coefficient (Wildman–Crippen LogP) is 1.02. The molecule has 1 aliphatic carbocycles. The molecule has 4 nitrogen and oxygen atoms in total. The average Bonchev–Trinajstić information content (AvgIpc) is 3.07. The molecule has 1 saturated carbocycles. The molecular weight excluding hydrogens is 216 g/mol. The third kappa shape index (κ3) is 2.47. The van der Waals surface area contributed by atoms with Gasteiger partial charge < -0.3 is 5.11 Å². The molecular formula is C13H22N2O2. The van der Waals surface area contributed by atoms with E-state index in [-0.39, 0.29) is 5.92 Å². The first kappa shape index (κ1) is 11.5. The van der Waals surface area contributed by atoms with Crippen molar-refractivity contribution in [2.45, 2.75) is 44.2 Å². The van der Waals surface area contributed by atoms with Crippen molar-refractivity contribution in [1.82, 2.24) is 9.80 Å². The molecule has 0 spiro atoms. The Bertz CT molecular complexity index is 296. The summed E-state index contributed by atoms with van der Waals surface area (Å²) in [7, 11) is 0. The number of nitrogens with zero attached hydrogens (tertiary/aromatic N) is 2. The van der Waals surface area contributed by atoms with Gasteiger partial charge in [-0.3, -0.25) is 14.6 Å². The average molecular weight is 238 g/mol. The van der Waals surface area contributed by atoms with Crippen LogP contribution < -0.4 is 0 Å². The van der Waals surface area contributed by atoms with Gasteiger partial charge in [-0.1, -0.05) is 0 Å². The number of likely N-dealkylation sites (tertiary alicyclic amines) is 2. The van der Waals surface area contributed by atoms with Gasteiger partial charge in [-0.05, 0) is 45.2 Å². The number of rotatable bonds is 3. The van der Waals surface area contributed by atoms with E-state index in [1.807, 2.05) is 0 Å². The molecule has 0 aromatic heterocycles. The Morgan fingerprint density at radius 2 is 1.53 bits per heavy atom. The van der Waals surface area contributed by atoms with Crippen molar-refractivity contribution < 1.29 is 9.90 Å². The third-order valence-corrected chi connectivity index (χ3v) is 4.65. The number of hydrogen-bond acceptors (Lipinski definition) is 3. The van der Waals surface area contributed by atoms with E-state index < -0.39 is 5.97 Å². The van der Waals surface area contributed by atoms with Crippen molar-refractivity contribution in [2.24, 2.45) is 5.92 Å². The SMILES string of the molecule is O=C(O)C1CCN(C2CCN(C3CC3)C2)CC1. The fourth-order valence-electron chi connectivity index (χ4n) is 3.35. The highest BCUT2D eigenvalue weighted by Crippen LogP contribution is 2.32. The van der Waals surface area contributed by atoms with E-state index in [1.165, 1.54) is 32.4 Å². The minimum Gasteiger partial charge on any atom is -0.481 e. The van der Waals surface area contributed by atoms with Crippen LogP contribution in [0.25, 0.3) is 0 Å². The summed E-state index contributed by atoms with van der Waals surface area (Å²) < 4.78 is 0. The van der Waals surface area contributed by atoms with Gasteiger partial charge in [-0.2, -0.15) is 0 Å². The van der Waals surface area contributed by atoms with Crippen LogP contribution in [0, 0.1) is 5.92 Å². The van der Waals surface area contributed by atoms with Gasteiger partial charge in [-0.25, -0.2) is 0 Å². The largest absolute Gasteiger partial charge is 0.481 e. The molecule has 17 heavy (non-hydrogen) atoms. The number of carbonyl (C=O) groups is 1. The second kappa shape index (κ2) is 4.58. The number of carboxylic acids is 1. The van der Waals surface area contributed by atoms with E-state index in [0.29, 0.717) is 6.04 Å². The molecule has 2 aliphatic heterocycles. The Balaban J connectivity index is 1.48. The molecule has 0 aromatic carbocycles. The Morgan fingerprint density at radius 1 is 0.882 bits per heavy atom. The fourth-order valence-corrected chi connectivity index (χ4v) is 3.35. The van der Waals surface area contributed by atoms with Crippen molar-refractivity contribution in [3.63, 3.8) is 0 Å². The van der Waals surface area contributed by atoms with E-state index in [2.05, 4.69) is 9.80 Å². The van der Waals surface area contributed by atoms with Gasteiger partial charge in [0.1, 0.15) is 0 Å². The van der Waals surface area contributed by atoms with E-state index >= 15 is 0 Å². The lowest BCUT2D eigenvalue weighted by Gasteiger charge is -2.34. The standard InChI is InChI=1S/C13H22N2O2/c16-13(17)10-3-6-14(7-4-10)12-5-8-15(9-12)11-1-2-11/h10-12H,1-9H2,(H,16,17). The molecule has 4 heteroatoms. The van der Waals surface area contributed by atoms with Crippen molar-refractivity contribution in [3.05, 3.63) is 0 Å². The molecule has 3 fully saturated rings. The highest BCUT2D eigenvalue weighted by atomic mass is 16.4. The molecule has 1 atom stereocenters. The Labute approximate surface area is 103 Å². The molecule has 0 radical (unpaired) electrons. The summed E-state index contributed by atoms with van der Waals surface area (Å²) in [5.41, 5.74) is 0. The summed E-state index contributed by atoms with van der Waals surface area (Å²) in [6.45, 7) is 4.46. The van der Waals surface area contributed by atoms with Crippen molar-refractivity contribution in [1.29, 1.82) is 0 Å². The normalized spacial score (nSPS) is 33.1. The summed E-state index contributed by atoms with van der Waals surface area (Å²) in [4.78, 5) is 16.1. The first-order chi connectivity index (χ1) is 8.24. The second-order valence-electron chi connectivity index (χ2n) is 5.82. The zero-order chi connectivity index (χ0) is 11.8. The van der Waals surface area contributed by atoms with Crippen LogP contribution >= 0.6 is 0 Å². The third-order valence-electron chi connectivity index (χ3n) is 4.65. The van der Waals surface area contributed by atoms with Crippen LogP contribution in [0.3, 0.4) is 0 Å². The topological polar surface area (TPSA) is 43.8 Å². The zero-order valence-corrected chi connectivity index (χ0v) is 10.3.